The minimum absolute atomic E-state index is 0.202. The first kappa shape index (κ1) is 12.8. The van der Waals surface area contributed by atoms with E-state index in [2.05, 4.69) is 10.3 Å². The lowest BCUT2D eigenvalue weighted by molar-refractivity contribution is -0.139. The number of carboxylic acid groups (broad SMARTS) is 1. The minimum atomic E-state index is -0.977. The Labute approximate surface area is 109 Å². The van der Waals surface area contributed by atoms with Crippen LogP contribution in [0.25, 0.3) is 0 Å². The second-order valence-electron chi connectivity index (χ2n) is 4.07. The predicted molar refractivity (Wildman–Crippen MR) is 67.9 cm³/mol. The molecule has 7 heteroatoms. The molecule has 1 unspecified atom stereocenters. The van der Waals surface area contributed by atoms with Crippen molar-refractivity contribution >= 4 is 28.3 Å². The summed E-state index contributed by atoms with van der Waals surface area (Å²) in [4.78, 5) is 28.8. The fourth-order valence-corrected chi connectivity index (χ4v) is 2.89. The number of aliphatic carboxylic acids is 1. The van der Waals surface area contributed by atoms with Crippen molar-refractivity contribution in [3.63, 3.8) is 0 Å². The summed E-state index contributed by atoms with van der Waals surface area (Å²) in [6.07, 6.45) is 0.632. The number of carbonyl (C=O) groups is 2. The molecule has 0 aliphatic carbocycles. The van der Waals surface area contributed by atoms with E-state index in [1.54, 1.807) is 4.90 Å². The zero-order valence-electron chi connectivity index (χ0n) is 10.0. The van der Waals surface area contributed by atoms with Gasteiger partial charge in [-0.05, 0) is 6.42 Å². The van der Waals surface area contributed by atoms with E-state index in [9.17, 15) is 9.59 Å². The van der Waals surface area contributed by atoms with Gasteiger partial charge in [0.2, 0.25) is 5.91 Å². The molecule has 1 amide bonds. The number of thiazole rings is 1. The number of hydrogen-bond acceptors (Lipinski definition) is 5. The number of amides is 1. The second kappa shape index (κ2) is 5.34. The van der Waals surface area contributed by atoms with Gasteiger partial charge in [0.05, 0.1) is 12.1 Å². The SMILES string of the molecule is CCc1csc(N2CCNC(=O)C2CC(=O)O)n1. The fourth-order valence-electron chi connectivity index (χ4n) is 1.90. The van der Waals surface area contributed by atoms with Gasteiger partial charge in [-0.1, -0.05) is 6.92 Å². The summed E-state index contributed by atoms with van der Waals surface area (Å²) in [5.41, 5.74) is 0.968. The first-order valence-electron chi connectivity index (χ1n) is 5.82. The number of nitrogens with zero attached hydrogens (tertiary/aromatic N) is 2. The first-order chi connectivity index (χ1) is 8.61. The average molecular weight is 269 g/mol. The molecule has 1 aromatic rings. The Morgan fingerprint density at radius 3 is 3.11 bits per heavy atom. The van der Waals surface area contributed by atoms with E-state index < -0.39 is 12.0 Å². The zero-order valence-corrected chi connectivity index (χ0v) is 10.9. The van der Waals surface area contributed by atoms with Crippen molar-refractivity contribution in [1.82, 2.24) is 10.3 Å². The Kier molecular flexibility index (Phi) is 3.81. The normalized spacial score (nSPS) is 19.7. The Bertz CT molecular complexity index is 460. The monoisotopic (exact) mass is 269 g/mol. The Morgan fingerprint density at radius 2 is 2.50 bits per heavy atom. The van der Waals surface area contributed by atoms with E-state index in [1.165, 1.54) is 11.3 Å². The molecule has 0 radical (unpaired) electrons. The number of anilines is 1. The van der Waals surface area contributed by atoms with Crippen molar-refractivity contribution in [3.05, 3.63) is 11.1 Å². The van der Waals surface area contributed by atoms with Crippen molar-refractivity contribution in [3.8, 4) is 0 Å². The number of hydrogen-bond donors (Lipinski definition) is 2. The smallest absolute Gasteiger partial charge is 0.305 e. The topological polar surface area (TPSA) is 82.5 Å². The minimum Gasteiger partial charge on any atom is -0.481 e. The van der Waals surface area contributed by atoms with Crippen molar-refractivity contribution in [2.75, 3.05) is 18.0 Å². The van der Waals surface area contributed by atoms with Gasteiger partial charge in [-0.3, -0.25) is 9.59 Å². The highest BCUT2D eigenvalue weighted by Crippen LogP contribution is 2.25. The van der Waals surface area contributed by atoms with Gasteiger partial charge in [-0.15, -0.1) is 11.3 Å². The Hall–Kier alpha value is -1.63. The third kappa shape index (κ3) is 2.61. The first-order valence-corrected chi connectivity index (χ1v) is 6.70. The molecular weight excluding hydrogens is 254 g/mol. The van der Waals surface area contributed by atoms with Crippen LogP contribution >= 0.6 is 11.3 Å². The molecule has 1 saturated heterocycles. The summed E-state index contributed by atoms with van der Waals surface area (Å²) in [7, 11) is 0. The average Bonchev–Trinajstić information content (AvgIpc) is 2.80. The lowest BCUT2D eigenvalue weighted by Crippen LogP contribution is -2.56. The third-order valence-electron chi connectivity index (χ3n) is 2.85. The summed E-state index contributed by atoms with van der Waals surface area (Å²) in [5, 5.41) is 14.2. The van der Waals surface area contributed by atoms with Gasteiger partial charge >= 0.3 is 5.97 Å². The van der Waals surface area contributed by atoms with E-state index in [0.29, 0.717) is 13.1 Å². The maximum absolute atomic E-state index is 11.8. The van der Waals surface area contributed by atoms with Crippen LogP contribution in [-0.2, 0) is 16.0 Å². The molecule has 0 bridgehead atoms. The summed E-state index contributed by atoms with van der Waals surface area (Å²) in [6, 6.07) is -0.660. The second-order valence-corrected chi connectivity index (χ2v) is 4.91. The van der Waals surface area contributed by atoms with E-state index in [-0.39, 0.29) is 12.3 Å². The number of carboxylic acids is 1. The van der Waals surface area contributed by atoms with Gasteiger partial charge in [0, 0.05) is 18.5 Å². The molecule has 1 atom stereocenters. The van der Waals surface area contributed by atoms with E-state index in [4.69, 9.17) is 5.11 Å². The van der Waals surface area contributed by atoms with Crippen LogP contribution in [0, 0.1) is 0 Å². The van der Waals surface area contributed by atoms with Crippen LogP contribution in [-0.4, -0.2) is 41.1 Å². The summed E-state index contributed by atoms with van der Waals surface area (Å²) in [6.45, 7) is 3.13. The highest BCUT2D eigenvalue weighted by atomic mass is 32.1. The number of piperazine rings is 1. The maximum atomic E-state index is 11.8. The molecule has 0 saturated carbocycles. The molecule has 2 N–H and O–H groups in total. The van der Waals surface area contributed by atoms with E-state index in [1.807, 2.05) is 12.3 Å². The van der Waals surface area contributed by atoms with Gasteiger partial charge in [-0.25, -0.2) is 4.98 Å². The third-order valence-corrected chi connectivity index (χ3v) is 3.77. The number of aromatic nitrogens is 1. The van der Waals surface area contributed by atoms with E-state index in [0.717, 1.165) is 17.2 Å². The molecule has 1 fully saturated rings. The van der Waals surface area contributed by atoms with Crippen LogP contribution in [0.15, 0.2) is 5.38 Å². The van der Waals surface area contributed by atoms with Crippen LogP contribution in [0.2, 0.25) is 0 Å². The lowest BCUT2D eigenvalue weighted by Gasteiger charge is -2.33. The molecule has 1 aliphatic heterocycles. The Morgan fingerprint density at radius 1 is 1.72 bits per heavy atom. The maximum Gasteiger partial charge on any atom is 0.305 e. The summed E-state index contributed by atoms with van der Waals surface area (Å²) in [5.74, 6) is -1.22. The Balaban J connectivity index is 2.21. The molecule has 0 aromatic carbocycles. The molecule has 18 heavy (non-hydrogen) atoms. The predicted octanol–water partition coefficient (Wildman–Crippen LogP) is 0.485. The molecule has 2 heterocycles. The number of aryl methyl sites for hydroxylation is 1. The van der Waals surface area contributed by atoms with E-state index >= 15 is 0 Å². The highest BCUT2D eigenvalue weighted by molar-refractivity contribution is 7.13. The molecule has 98 valence electrons. The summed E-state index contributed by atoms with van der Waals surface area (Å²) >= 11 is 1.46. The van der Waals surface area contributed by atoms with Crippen molar-refractivity contribution in [1.29, 1.82) is 0 Å². The van der Waals surface area contributed by atoms with Crippen molar-refractivity contribution < 1.29 is 14.7 Å². The van der Waals surface area contributed by atoms with Crippen molar-refractivity contribution in [2.45, 2.75) is 25.8 Å². The highest BCUT2D eigenvalue weighted by Gasteiger charge is 2.33. The van der Waals surface area contributed by atoms with Crippen LogP contribution in [0.1, 0.15) is 19.0 Å². The lowest BCUT2D eigenvalue weighted by atomic mass is 10.1. The molecule has 1 aromatic heterocycles. The van der Waals surface area contributed by atoms with Crippen LogP contribution in [0.5, 0.6) is 0 Å². The number of nitrogens with one attached hydrogen (secondary N) is 1. The molecule has 2 rings (SSSR count). The molecule has 1 aliphatic rings. The van der Waals surface area contributed by atoms with Gasteiger partial charge in [-0.2, -0.15) is 0 Å². The van der Waals surface area contributed by atoms with Gasteiger partial charge in [0.15, 0.2) is 5.13 Å². The molecule has 6 nitrogen and oxygen atoms in total. The van der Waals surface area contributed by atoms with Crippen LogP contribution in [0.4, 0.5) is 5.13 Å². The molecule has 0 spiro atoms. The standard InChI is InChI=1S/C11H15N3O3S/c1-2-7-6-18-11(13-7)14-4-3-12-10(17)8(14)5-9(15)16/h6,8H,2-5H2,1H3,(H,12,17)(H,15,16). The summed E-state index contributed by atoms with van der Waals surface area (Å²) < 4.78 is 0. The van der Waals surface area contributed by atoms with Crippen LogP contribution < -0.4 is 10.2 Å². The van der Waals surface area contributed by atoms with Crippen molar-refractivity contribution in [2.24, 2.45) is 0 Å². The largest absolute Gasteiger partial charge is 0.481 e. The number of carbonyl (C=O) groups excluding carboxylic acids is 1. The quantitative estimate of drug-likeness (QED) is 0.831. The van der Waals surface area contributed by atoms with Gasteiger partial charge < -0.3 is 15.3 Å². The van der Waals surface area contributed by atoms with Crippen LogP contribution in [0.3, 0.4) is 0 Å². The number of rotatable bonds is 4. The van der Waals surface area contributed by atoms with Gasteiger partial charge in [0.1, 0.15) is 6.04 Å². The van der Waals surface area contributed by atoms with Gasteiger partial charge in [0.25, 0.3) is 0 Å². The fraction of sp³-hybridized carbons (Fsp3) is 0.545. The molecular formula is C11H15N3O3S. The zero-order chi connectivity index (χ0) is 13.1.